The van der Waals surface area contributed by atoms with Crippen molar-refractivity contribution in [2.24, 2.45) is 5.92 Å². The molecule has 0 saturated heterocycles. The lowest BCUT2D eigenvalue weighted by atomic mass is 9.92. The van der Waals surface area contributed by atoms with Gasteiger partial charge in [0.1, 0.15) is 0 Å². The Morgan fingerprint density at radius 1 is 0.714 bits per heavy atom. The van der Waals surface area contributed by atoms with Gasteiger partial charge in [-0.2, -0.15) is 0 Å². The zero-order valence-corrected chi connectivity index (χ0v) is 27.9. The highest BCUT2D eigenvalue weighted by Crippen LogP contribution is 2.25. The van der Waals surface area contributed by atoms with Crippen molar-refractivity contribution in [2.45, 2.75) is 112 Å². The van der Waals surface area contributed by atoms with Gasteiger partial charge in [-0.25, -0.2) is 4.79 Å². The topological polar surface area (TPSA) is 35.5 Å². The molecule has 0 amide bonds. The first-order valence-corrected chi connectivity index (χ1v) is 15.7. The standard InChI is InChI=1S/C39H58O3/c1-30(2)17-13-19-32(5)21-15-22-34(7)27-28-37(35(8)24-16-23-33(6)20-14-18-31(3)4)29-42-39(40)38(41-9)36-25-11-10-12-26-36/h10-12,17-18,21,23,25-27,37-38H,8,13-16,19-20,22,24,28-29H2,1-7,9H3/b32-21+,33-23+,34-27+/t37-,38+/m0/s1. The van der Waals surface area contributed by atoms with Gasteiger partial charge in [-0.15, -0.1) is 0 Å². The predicted molar refractivity (Wildman–Crippen MR) is 181 cm³/mol. The molecule has 1 aromatic rings. The molecule has 1 aromatic carbocycles. The lowest BCUT2D eigenvalue weighted by Gasteiger charge is -2.21. The largest absolute Gasteiger partial charge is 0.463 e. The molecule has 0 bridgehead atoms. The summed E-state index contributed by atoms with van der Waals surface area (Å²) in [6.45, 7) is 20.0. The number of ether oxygens (including phenoxy) is 2. The van der Waals surface area contributed by atoms with Crippen molar-refractivity contribution < 1.29 is 14.3 Å². The minimum Gasteiger partial charge on any atom is -0.463 e. The van der Waals surface area contributed by atoms with Gasteiger partial charge in [0, 0.05) is 13.0 Å². The van der Waals surface area contributed by atoms with Gasteiger partial charge >= 0.3 is 5.97 Å². The maximum absolute atomic E-state index is 13.0. The van der Waals surface area contributed by atoms with Crippen molar-refractivity contribution in [1.29, 1.82) is 0 Å². The summed E-state index contributed by atoms with van der Waals surface area (Å²) in [6.07, 6.45) is 20.0. The van der Waals surface area contributed by atoms with Crippen molar-refractivity contribution in [3.05, 3.63) is 106 Å². The van der Waals surface area contributed by atoms with Crippen molar-refractivity contribution in [1.82, 2.24) is 0 Å². The smallest absolute Gasteiger partial charge is 0.339 e. The maximum atomic E-state index is 13.0. The number of carbonyl (C=O) groups excluding carboxylic acids is 1. The molecule has 0 saturated carbocycles. The lowest BCUT2D eigenvalue weighted by molar-refractivity contribution is -0.156. The van der Waals surface area contributed by atoms with Crippen LogP contribution in [-0.2, 0) is 14.3 Å². The van der Waals surface area contributed by atoms with Crippen LogP contribution in [0.25, 0.3) is 0 Å². The summed E-state index contributed by atoms with van der Waals surface area (Å²) in [5, 5.41) is 0. The Balaban J connectivity index is 2.82. The van der Waals surface area contributed by atoms with E-state index in [-0.39, 0.29) is 11.9 Å². The van der Waals surface area contributed by atoms with Crippen LogP contribution in [0.5, 0.6) is 0 Å². The van der Waals surface area contributed by atoms with E-state index in [0.717, 1.165) is 68.9 Å². The van der Waals surface area contributed by atoms with Crippen LogP contribution in [0.3, 0.4) is 0 Å². The average Bonchev–Trinajstić information content (AvgIpc) is 2.93. The van der Waals surface area contributed by atoms with Crippen molar-refractivity contribution in [3.63, 3.8) is 0 Å². The molecule has 0 aliphatic heterocycles. The van der Waals surface area contributed by atoms with E-state index < -0.39 is 6.10 Å². The van der Waals surface area contributed by atoms with Gasteiger partial charge in [-0.05, 0) is 112 Å². The second kappa shape index (κ2) is 21.7. The van der Waals surface area contributed by atoms with E-state index in [4.69, 9.17) is 9.47 Å². The van der Waals surface area contributed by atoms with E-state index in [2.05, 4.69) is 85.4 Å². The van der Waals surface area contributed by atoms with E-state index in [9.17, 15) is 4.79 Å². The van der Waals surface area contributed by atoms with Crippen LogP contribution >= 0.6 is 0 Å². The molecule has 0 fully saturated rings. The van der Waals surface area contributed by atoms with Gasteiger partial charge in [-0.3, -0.25) is 0 Å². The zero-order valence-electron chi connectivity index (χ0n) is 27.9. The lowest BCUT2D eigenvalue weighted by Crippen LogP contribution is -2.22. The predicted octanol–water partition coefficient (Wildman–Crippen LogP) is 11.4. The molecule has 0 spiro atoms. The molecular weight excluding hydrogens is 516 g/mol. The van der Waals surface area contributed by atoms with Crippen molar-refractivity contribution >= 4 is 5.97 Å². The molecule has 0 radical (unpaired) electrons. The summed E-state index contributed by atoms with van der Waals surface area (Å²) in [5.41, 5.74) is 8.90. The summed E-state index contributed by atoms with van der Waals surface area (Å²) in [7, 11) is 1.55. The number of carbonyl (C=O) groups is 1. The fourth-order valence-electron chi connectivity index (χ4n) is 4.69. The summed E-state index contributed by atoms with van der Waals surface area (Å²) >= 11 is 0. The first-order valence-electron chi connectivity index (χ1n) is 15.7. The molecule has 232 valence electrons. The van der Waals surface area contributed by atoms with Crippen molar-refractivity contribution in [2.75, 3.05) is 13.7 Å². The first kappa shape index (κ1) is 37.1. The van der Waals surface area contributed by atoms with Crippen LogP contribution in [0.2, 0.25) is 0 Å². The quantitative estimate of drug-likeness (QED) is 0.115. The van der Waals surface area contributed by atoms with E-state index >= 15 is 0 Å². The second-order valence-corrected chi connectivity index (χ2v) is 12.1. The Morgan fingerprint density at radius 3 is 1.69 bits per heavy atom. The number of rotatable bonds is 20. The molecule has 2 atom stereocenters. The summed E-state index contributed by atoms with van der Waals surface area (Å²) in [5.74, 6) is -0.288. The van der Waals surface area contributed by atoms with E-state index in [1.54, 1.807) is 7.11 Å². The van der Waals surface area contributed by atoms with Gasteiger partial charge in [0.05, 0.1) is 6.61 Å². The third-order valence-electron chi connectivity index (χ3n) is 7.48. The highest BCUT2D eigenvalue weighted by Gasteiger charge is 2.23. The van der Waals surface area contributed by atoms with E-state index in [1.807, 2.05) is 30.3 Å². The Hall–Kier alpha value is -2.91. The number of esters is 1. The minimum absolute atomic E-state index is 0.0675. The fourth-order valence-corrected chi connectivity index (χ4v) is 4.69. The number of hydrogen-bond donors (Lipinski definition) is 0. The van der Waals surface area contributed by atoms with Gasteiger partial charge in [0.2, 0.25) is 0 Å². The molecule has 0 N–H and O–H groups in total. The van der Waals surface area contributed by atoms with Crippen LogP contribution in [0.4, 0.5) is 0 Å². The molecular formula is C39H58O3. The zero-order chi connectivity index (χ0) is 31.3. The summed E-state index contributed by atoms with van der Waals surface area (Å²) < 4.78 is 11.3. The Labute approximate surface area is 258 Å². The average molecular weight is 575 g/mol. The van der Waals surface area contributed by atoms with Crippen LogP contribution in [-0.4, -0.2) is 19.7 Å². The maximum Gasteiger partial charge on any atom is 0.339 e. The Bertz CT molecular complexity index is 1090. The van der Waals surface area contributed by atoms with E-state index in [0.29, 0.717) is 6.61 Å². The number of allylic oxidation sites excluding steroid dienone is 10. The second-order valence-electron chi connectivity index (χ2n) is 12.1. The summed E-state index contributed by atoms with van der Waals surface area (Å²) in [4.78, 5) is 13.0. The molecule has 3 nitrogen and oxygen atoms in total. The van der Waals surface area contributed by atoms with Gasteiger partial charge in [0.25, 0.3) is 0 Å². The minimum atomic E-state index is -0.726. The van der Waals surface area contributed by atoms with Crippen LogP contribution in [0.1, 0.15) is 118 Å². The van der Waals surface area contributed by atoms with Gasteiger partial charge in [0.15, 0.2) is 6.10 Å². The molecule has 0 aliphatic carbocycles. The molecule has 0 aromatic heterocycles. The number of benzene rings is 1. The summed E-state index contributed by atoms with van der Waals surface area (Å²) in [6, 6.07) is 9.52. The Morgan fingerprint density at radius 2 is 1.19 bits per heavy atom. The third kappa shape index (κ3) is 17.1. The van der Waals surface area contributed by atoms with Crippen LogP contribution < -0.4 is 0 Å². The van der Waals surface area contributed by atoms with E-state index in [1.165, 1.54) is 27.9 Å². The van der Waals surface area contributed by atoms with Gasteiger partial charge in [-0.1, -0.05) is 101 Å². The third-order valence-corrected chi connectivity index (χ3v) is 7.48. The van der Waals surface area contributed by atoms with Crippen LogP contribution in [0, 0.1) is 5.92 Å². The number of hydrogen-bond acceptors (Lipinski definition) is 3. The normalized spacial score (nSPS) is 13.8. The van der Waals surface area contributed by atoms with Gasteiger partial charge < -0.3 is 9.47 Å². The fraction of sp³-hybridized carbons (Fsp3) is 0.513. The van der Waals surface area contributed by atoms with Crippen molar-refractivity contribution in [3.8, 4) is 0 Å². The first-order chi connectivity index (χ1) is 20.0. The highest BCUT2D eigenvalue weighted by molar-refractivity contribution is 5.76. The molecule has 42 heavy (non-hydrogen) atoms. The van der Waals surface area contributed by atoms with Crippen LogP contribution in [0.15, 0.2) is 101 Å². The molecule has 0 aliphatic rings. The molecule has 3 heteroatoms. The molecule has 0 heterocycles. The SMILES string of the molecule is C=C(CC/C=C(\C)CCC=C(C)C)[C@@H](C/C=C(\C)CC/C=C(\C)CCC=C(C)C)COC(=O)[C@H](OC)c1ccccc1. The molecule has 0 unspecified atom stereocenters. The highest BCUT2D eigenvalue weighted by atomic mass is 16.6. The monoisotopic (exact) mass is 574 g/mol. The molecule has 1 rings (SSSR count). The Kier molecular flexibility index (Phi) is 19.2. The number of methoxy groups -OCH3 is 1.